The number of hydrogen-bond acceptors (Lipinski definition) is 4. The third kappa shape index (κ3) is 3.78. The van der Waals surface area contributed by atoms with Gasteiger partial charge in [0.05, 0.1) is 11.0 Å². The van der Waals surface area contributed by atoms with Gasteiger partial charge in [-0.05, 0) is 25.8 Å². The van der Waals surface area contributed by atoms with Crippen LogP contribution < -0.4 is 5.32 Å². The fourth-order valence-electron chi connectivity index (χ4n) is 1.67. The van der Waals surface area contributed by atoms with E-state index in [4.69, 9.17) is 0 Å². The average molecular weight is 252 g/mol. The third-order valence-corrected chi connectivity index (χ3v) is 3.06. The van der Waals surface area contributed by atoms with Gasteiger partial charge in [0.15, 0.2) is 0 Å². The summed E-state index contributed by atoms with van der Waals surface area (Å²) < 4.78 is 0. The number of aliphatic hydroxyl groups excluding tert-OH is 1. The molecule has 5 heteroatoms. The minimum atomic E-state index is -0.382. The highest BCUT2D eigenvalue weighted by molar-refractivity contribution is 5.43. The molecule has 0 saturated heterocycles. The maximum atomic E-state index is 10.9. The summed E-state index contributed by atoms with van der Waals surface area (Å²) >= 11 is 0. The van der Waals surface area contributed by atoms with Crippen molar-refractivity contribution >= 4 is 5.69 Å². The van der Waals surface area contributed by atoms with Gasteiger partial charge in [-0.15, -0.1) is 0 Å². The topological polar surface area (TPSA) is 75.4 Å². The van der Waals surface area contributed by atoms with Gasteiger partial charge in [0, 0.05) is 24.2 Å². The summed E-state index contributed by atoms with van der Waals surface area (Å²) in [4.78, 5) is 10.5. The Morgan fingerprint density at radius 1 is 1.50 bits per heavy atom. The van der Waals surface area contributed by atoms with Crippen LogP contribution in [0.3, 0.4) is 0 Å². The quantitative estimate of drug-likeness (QED) is 0.602. The number of hydrogen-bond donors (Lipinski definition) is 2. The van der Waals surface area contributed by atoms with Crippen LogP contribution in [0.2, 0.25) is 0 Å². The van der Waals surface area contributed by atoms with E-state index in [1.54, 1.807) is 19.1 Å². The maximum Gasteiger partial charge on any atom is 0.272 e. The Balaban J connectivity index is 2.77. The number of nitro benzene ring substituents is 1. The van der Waals surface area contributed by atoms with Gasteiger partial charge < -0.3 is 10.4 Å². The predicted octanol–water partition coefficient (Wildman–Crippen LogP) is 2.32. The Morgan fingerprint density at radius 2 is 2.17 bits per heavy atom. The molecule has 0 spiro atoms. The Labute approximate surface area is 107 Å². The second kappa shape index (κ2) is 6.47. The lowest BCUT2D eigenvalue weighted by atomic mass is 10.0. The molecule has 18 heavy (non-hydrogen) atoms. The van der Waals surface area contributed by atoms with Gasteiger partial charge in [0.25, 0.3) is 5.69 Å². The standard InChI is InChI=1S/C13H20N2O3/c1-4-12(16)8-14-10(3)11-6-5-9(2)13(7-11)15(17)18/h5-7,10,12,14,16H,4,8H2,1-3H3/t10-,12+/m1/s1. The van der Waals surface area contributed by atoms with E-state index in [9.17, 15) is 15.2 Å². The molecule has 100 valence electrons. The lowest BCUT2D eigenvalue weighted by molar-refractivity contribution is -0.385. The molecule has 5 nitrogen and oxygen atoms in total. The van der Waals surface area contributed by atoms with E-state index in [2.05, 4.69) is 5.32 Å². The van der Waals surface area contributed by atoms with Crippen LogP contribution in [0.5, 0.6) is 0 Å². The Bertz CT molecular complexity index is 421. The van der Waals surface area contributed by atoms with E-state index < -0.39 is 0 Å². The molecule has 0 bridgehead atoms. The summed E-state index contributed by atoms with van der Waals surface area (Å²) in [7, 11) is 0. The van der Waals surface area contributed by atoms with E-state index in [1.807, 2.05) is 19.9 Å². The van der Waals surface area contributed by atoms with Gasteiger partial charge in [-0.1, -0.05) is 19.1 Å². The molecular weight excluding hydrogens is 232 g/mol. The summed E-state index contributed by atoms with van der Waals surface area (Å²) in [5, 5.41) is 23.5. The van der Waals surface area contributed by atoms with Gasteiger partial charge in [0.1, 0.15) is 0 Å². The lowest BCUT2D eigenvalue weighted by Crippen LogP contribution is -2.28. The first-order valence-corrected chi connectivity index (χ1v) is 6.12. The van der Waals surface area contributed by atoms with E-state index in [-0.39, 0.29) is 22.8 Å². The molecule has 0 amide bonds. The zero-order valence-corrected chi connectivity index (χ0v) is 11.0. The minimum absolute atomic E-state index is 0.0227. The van der Waals surface area contributed by atoms with Crippen LogP contribution >= 0.6 is 0 Å². The van der Waals surface area contributed by atoms with Crippen LogP contribution in [0.1, 0.15) is 37.4 Å². The summed E-state index contributed by atoms with van der Waals surface area (Å²) in [6, 6.07) is 5.19. The molecule has 0 radical (unpaired) electrons. The Hall–Kier alpha value is -1.46. The molecule has 2 atom stereocenters. The van der Waals surface area contributed by atoms with Crippen molar-refractivity contribution in [3.8, 4) is 0 Å². The number of nitro groups is 1. The van der Waals surface area contributed by atoms with Crippen LogP contribution in [0.15, 0.2) is 18.2 Å². The van der Waals surface area contributed by atoms with Crippen molar-refractivity contribution in [2.45, 2.75) is 39.3 Å². The molecule has 0 fully saturated rings. The largest absolute Gasteiger partial charge is 0.392 e. The fraction of sp³-hybridized carbons (Fsp3) is 0.538. The van der Waals surface area contributed by atoms with Gasteiger partial charge in [-0.3, -0.25) is 10.1 Å². The third-order valence-electron chi connectivity index (χ3n) is 3.06. The molecular formula is C13H20N2O3. The molecule has 1 rings (SSSR count). The number of rotatable bonds is 6. The van der Waals surface area contributed by atoms with Crippen molar-refractivity contribution in [2.24, 2.45) is 0 Å². The zero-order chi connectivity index (χ0) is 13.7. The molecule has 1 aromatic carbocycles. The minimum Gasteiger partial charge on any atom is -0.392 e. The monoisotopic (exact) mass is 252 g/mol. The Morgan fingerprint density at radius 3 is 2.72 bits per heavy atom. The van der Waals surface area contributed by atoms with Gasteiger partial charge >= 0.3 is 0 Å². The lowest BCUT2D eigenvalue weighted by Gasteiger charge is -2.16. The van der Waals surface area contributed by atoms with Crippen LogP contribution in [-0.2, 0) is 0 Å². The smallest absolute Gasteiger partial charge is 0.272 e. The molecule has 0 saturated carbocycles. The maximum absolute atomic E-state index is 10.9. The highest BCUT2D eigenvalue weighted by Gasteiger charge is 2.14. The fourth-order valence-corrected chi connectivity index (χ4v) is 1.67. The van der Waals surface area contributed by atoms with Crippen LogP contribution in [0.25, 0.3) is 0 Å². The first-order chi connectivity index (χ1) is 8.45. The first-order valence-electron chi connectivity index (χ1n) is 6.12. The first kappa shape index (κ1) is 14.6. The van der Waals surface area contributed by atoms with Crippen LogP contribution in [-0.4, -0.2) is 22.7 Å². The Kier molecular flexibility index (Phi) is 5.25. The number of aryl methyl sites for hydroxylation is 1. The molecule has 0 unspecified atom stereocenters. The van der Waals surface area contributed by atoms with Crippen molar-refractivity contribution in [1.29, 1.82) is 0 Å². The summed E-state index contributed by atoms with van der Waals surface area (Å²) in [6.07, 6.45) is 0.307. The van der Waals surface area contributed by atoms with Crippen molar-refractivity contribution in [3.05, 3.63) is 39.4 Å². The van der Waals surface area contributed by atoms with Gasteiger partial charge in [0.2, 0.25) is 0 Å². The molecule has 0 aliphatic carbocycles. The van der Waals surface area contributed by atoms with Crippen LogP contribution in [0, 0.1) is 17.0 Å². The van der Waals surface area contributed by atoms with E-state index in [0.717, 1.165) is 5.56 Å². The SMILES string of the molecule is CC[C@H](O)CN[C@H](C)c1ccc(C)c([N+](=O)[O-])c1. The van der Waals surface area contributed by atoms with Crippen LogP contribution in [0.4, 0.5) is 5.69 Å². The molecule has 0 aromatic heterocycles. The summed E-state index contributed by atoms with van der Waals surface area (Å²) in [5.74, 6) is 0. The molecule has 0 aliphatic heterocycles. The normalized spacial score (nSPS) is 14.2. The van der Waals surface area contributed by atoms with Crippen molar-refractivity contribution in [3.63, 3.8) is 0 Å². The molecule has 0 heterocycles. The van der Waals surface area contributed by atoms with E-state index in [1.165, 1.54) is 0 Å². The summed E-state index contributed by atoms with van der Waals surface area (Å²) in [5.41, 5.74) is 1.65. The van der Waals surface area contributed by atoms with Gasteiger partial charge in [-0.2, -0.15) is 0 Å². The van der Waals surface area contributed by atoms with Gasteiger partial charge in [-0.25, -0.2) is 0 Å². The molecule has 2 N–H and O–H groups in total. The number of nitrogens with one attached hydrogen (secondary N) is 1. The summed E-state index contributed by atoms with van der Waals surface area (Å²) in [6.45, 7) is 6.05. The number of benzene rings is 1. The average Bonchev–Trinajstić information content (AvgIpc) is 2.35. The van der Waals surface area contributed by atoms with Crippen molar-refractivity contribution in [2.75, 3.05) is 6.54 Å². The van der Waals surface area contributed by atoms with E-state index in [0.29, 0.717) is 18.5 Å². The highest BCUT2D eigenvalue weighted by atomic mass is 16.6. The number of aliphatic hydroxyl groups is 1. The van der Waals surface area contributed by atoms with Crippen molar-refractivity contribution < 1.29 is 10.0 Å². The highest BCUT2D eigenvalue weighted by Crippen LogP contribution is 2.23. The second-order valence-electron chi connectivity index (χ2n) is 4.50. The molecule has 0 aliphatic rings. The predicted molar refractivity (Wildman–Crippen MR) is 70.5 cm³/mol. The van der Waals surface area contributed by atoms with Crippen molar-refractivity contribution in [1.82, 2.24) is 5.32 Å². The van der Waals surface area contributed by atoms with E-state index >= 15 is 0 Å². The number of nitrogens with zero attached hydrogens (tertiary/aromatic N) is 1. The second-order valence-corrected chi connectivity index (χ2v) is 4.50. The zero-order valence-electron chi connectivity index (χ0n) is 11.0. The molecule has 1 aromatic rings.